The molecule has 12 heavy (non-hydrogen) atoms. The van der Waals surface area contributed by atoms with Crippen molar-refractivity contribution in [2.24, 2.45) is 0 Å². The Morgan fingerprint density at radius 1 is 1.42 bits per heavy atom. The number of hydrogen-bond donors (Lipinski definition) is 0. The fraction of sp³-hybridized carbons (Fsp3) is 0.778. The summed E-state index contributed by atoms with van der Waals surface area (Å²) in [5.74, 6) is 0.0714. The second-order valence-electron chi connectivity index (χ2n) is 3.04. The van der Waals surface area contributed by atoms with Crippen LogP contribution < -0.4 is 0 Å². The highest BCUT2D eigenvalue weighted by Gasteiger charge is 2.17. The third kappa shape index (κ3) is 3.03. The van der Waals surface area contributed by atoms with Crippen molar-refractivity contribution in [1.29, 1.82) is 0 Å². The Balaban J connectivity index is 4.09. The molecule has 0 aromatic rings. The second kappa shape index (κ2) is 4.91. The van der Waals surface area contributed by atoms with Crippen molar-refractivity contribution >= 4 is 11.7 Å². The lowest BCUT2D eigenvalue weighted by Crippen LogP contribution is -2.39. The van der Waals surface area contributed by atoms with E-state index in [0.29, 0.717) is 6.42 Å². The first-order valence-electron chi connectivity index (χ1n) is 4.26. The average molecular weight is 171 g/mol. The van der Waals surface area contributed by atoms with Crippen molar-refractivity contribution in [3.8, 4) is 0 Å². The van der Waals surface area contributed by atoms with Crippen LogP contribution in [0.4, 0.5) is 0 Å². The Kier molecular flexibility index (Phi) is 4.55. The minimum absolute atomic E-state index is 0.0296. The molecule has 3 heteroatoms. The van der Waals surface area contributed by atoms with E-state index in [2.05, 4.69) is 0 Å². The molecule has 0 heterocycles. The maximum Gasteiger partial charge on any atom is 0.222 e. The normalized spacial score (nSPS) is 12.3. The molecule has 0 fully saturated rings. The summed E-state index contributed by atoms with van der Waals surface area (Å²) in [4.78, 5) is 23.7. The Morgan fingerprint density at radius 3 is 2.25 bits per heavy atom. The van der Waals surface area contributed by atoms with Gasteiger partial charge < -0.3 is 4.90 Å². The summed E-state index contributed by atoms with van der Waals surface area (Å²) in [7, 11) is 1.67. The van der Waals surface area contributed by atoms with Gasteiger partial charge in [0.2, 0.25) is 5.91 Å². The zero-order chi connectivity index (χ0) is 9.72. The number of rotatable bonds is 4. The van der Waals surface area contributed by atoms with Crippen LogP contribution in [0.3, 0.4) is 0 Å². The molecule has 1 amide bonds. The largest absolute Gasteiger partial charge is 0.336 e. The van der Waals surface area contributed by atoms with Gasteiger partial charge in [-0.2, -0.15) is 0 Å². The number of carbonyl (C=O) groups is 2. The van der Waals surface area contributed by atoms with Gasteiger partial charge in [0.05, 0.1) is 6.04 Å². The lowest BCUT2D eigenvalue weighted by Gasteiger charge is -2.22. The molecule has 3 nitrogen and oxygen atoms in total. The molecule has 0 radical (unpaired) electrons. The molecule has 0 saturated carbocycles. The maximum absolute atomic E-state index is 11.3. The smallest absolute Gasteiger partial charge is 0.222 e. The summed E-state index contributed by atoms with van der Waals surface area (Å²) >= 11 is 0. The van der Waals surface area contributed by atoms with Gasteiger partial charge in [-0.3, -0.25) is 9.59 Å². The molecule has 0 aliphatic carbocycles. The Labute approximate surface area is 73.7 Å². The fourth-order valence-electron chi connectivity index (χ4n) is 0.879. The van der Waals surface area contributed by atoms with Crippen molar-refractivity contribution in [3.05, 3.63) is 0 Å². The van der Waals surface area contributed by atoms with Gasteiger partial charge in [-0.1, -0.05) is 6.92 Å². The van der Waals surface area contributed by atoms with Crippen LogP contribution in [0.15, 0.2) is 0 Å². The molecular formula is C9H17NO2. The fourth-order valence-corrected chi connectivity index (χ4v) is 0.879. The topological polar surface area (TPSA) is 37.4 Å². The number of Topliss-reactive ketones (excluding diaryl/α,β-unsaturated/α-hetero) is 1. The molecule has 1 unspecified atom stereocenters. The molecule has 0 bridgehead atoms. The molecule has 0 aliphatic heterocycles. The van der Waals surface area contributed by atoms with Crippen molar-refractivity contribution in [2.75, 3.05) is 7.05 Å². The average Bonchev–Trinajstić information content (AvgIpc) is 2.02. The Morgan fingerprint density at radius 2 is 1.92 bits per heavy atom. The number of nitrogens with zero attached hydrogens (tertiary/aromatic N) is 1. The monoisotopic (exact) mass is 171 g/mol. The van der Waals surface area contributed by atoms with Crippen LogP contribution in [0.1, 0.15) is 33.6 Å². The standard InChI is InChI=1S/C9H17NO2/c1-5-6-9(12)10(4)7(2)8(3)11/h7H,5-6H2,1-4H3. The maximum atomic E-state index is 11.3. The van der Waals surface area contributed by atoms with E-state index in [1.54, 1.807) is 14.0 Å². The predicted molar refractivity (Wildman–Crippen MR) is 47.8 cm³/mol. The molecule has 0 rings (SSSR count). The summed E-state index contributed by atoms with van der Waals surface area (Å²) in [5, 5.41) is 0. The van der Waals surface area contributed by atoms with E-state index in [1.165, 1.54) is 11.8 Å². The highest BCUT2D eigenvalue weighted by molar-refractivity contribution is 5.86. The van der Waals surface area contributed by atoms with Gasteiger partial charge >= 0.3 is 0 Å². The van der Waals surface area contributed by atoms with E-state index in [1.807, 2.05) is 6.92 Å². The van der Waals surface area contributed by atoms with Crippen LogP contribution in [0.5, 0.6) is 0 Å². The van der Waals surface area contributed by atoms with Gasteiger partial charge in [0.25, 0.3) is 0 Å². The minimum Gasteiger partial charge on any atom is -0.336 e. The highest BCUT2D eigenvalue weighted by atomic mass is 16.2. The van der Waals surface area contributed by atoms with E-state index in [0.717, 1.165) is 6.42 Å². The third-order valence-electron chi connectivity index (χ3n) is 2.03. The third-order valence-corrected chi connectivity index (χ3v) is 2.03. The van der Waals surface area contributed by atoms with Crippen LogP contribution in [0, 0.1) is 0 Å². The summed E-state index contributed by atoms with van der Waals surface area (Å²) in [6.45, 7) is 5.19. The Bertz CT molecular complexity index is 177. The minimum atomic E-state index is -0.288. The van der Waals surface area contributed by atoms with Crippen LogP contribution in [0.25, 0.3) is 0 Å². The number of carbonyl (C=O) groups excluding carboxylic acids is 2. The second-order valence-corrected chi connectivity index (χ2v) is 3.04. The molecule has 0 N–H and O–H groups in total. The van der Waals surface area contributed by atoms with Gasteiger partial charge in [-0.05, 0) is 20.3 Å². The van der Waals surface area contributed by atoms with E-state index >= 15 is 0 Å². The quantitative estimate of drug-likeness (QED) is 0.637. The number of ketones is 1. The molecular weight excluding hydrogens is 154 g/mol. The van der Waals surface area contributed by atoms with Crippen LogP contribution in [-0.4, -0.2) is 29.7 Å². The van der Waals surface area contributed by atoms with Crippen molar-refractivity contribution < 1.29 is 9.59 Å². The zero-order valence-corrected chi connectivity index (χ0v) is 8.26. The first-order chi connectivity index (χ1) is 5.50. The summed E-state index contributed by atoms with van der Waals surface area (Å²) < 4.78 is 0. The highest BCUT2D eigenvalue weighted by Crippen LogP contribution is 2.01. The van der Waals surface area contributed by atoms with E-state index < -0.39 is 0 Å². The van der Waals surface area contributed by atoms with E-state index in [9.17, 15) is 9.59 Å². The van der Waals surface area contributed by atoms with Gasteiger partial charge in [-0.25, -0.2) is 0 Å². The molecule has 70 valence electrons. The number of likely N-dealkylation sites (N-methyl/N-ethyl adjacent to an activating group) is 1. The van der Waals surface area contributed by atoms with E-state index in [4.69, 9.17) is 0 Å². The molecule has 0 aromatic heterocycles. The first-order valence-corrected chi connectivity index (χ1v) is 4.26. The predicted octanol–water partition coefficient (Wildman–Crippen LogP) is 1.22. The van der Waals surface area contributed by atoms with Crippen molar-refractivity contribution in [3.63, 3.8) is 0 Å². The molecule has 0 aliphatic rings. The summed E-state index contributed by atoms with van der Waals surface area (Å²) in [5.41, 5.74) is 0. The van der Waals surface area contributed by atoms with Crippen LogP contribution in [0.2, 0.25) is 0 Å². The lowest BCUT2D eigenvalue weighted by atomic mass is 10.2. The van der Waals surface area contributed by atoms with Gasteiger partial charge in [0, 0.05) is 13.5 Å². The van der Waals surface area contributed by atoms with Crippen LogP contribution in [-0.2, 0) is 9.59 Å². The molecule has 0 spiro atoms. The molecule has 0 aromatic carbocycles. The van der Waals surface area contributed by atoms with Gasteiger partial charge in [0.15, 0.2) is 5.78 Å². The Hall–Kier alpha value is -0.860. The van der Waals surface area contributed by atoms with Crippen molar-refractivity contribution in [1.82, 2.24) is 4.90 Å². The molecule has 1 atom stereocenters. The lowest BCUT2D eigenvalue weighted by molar-refractivity contribution is -0.136. The van der Waals surface area contributed by atoms with Gasteiger partial charge in [0.1, 0.15) is 0 Å². The zero-order valence-electron chi connectivity index (χ0n) is 8.26. The van der Waals surface area contributed by atoms with Crippen LogP contribution >= 0.6 is 0 Å². The number of amides is 1. The van der Waals surface area contributed by atoms with Gasteiger partial charge in [-0.15, -0.1) is 0 Å². The van der Waals surface area contributed by atoms with Crippen molar-refractivity contribution in [2.45, 2.75) is 39.7 Å². The first kappa shape index (κ1) is 11.1. The summed E-state index contributed by atoms with van der Waals surface area (Å²) in [6, 6.07) is -0.288. The number of hydrogen-bond acceptors (Lipinski definition) is 2. The SMILES string of the molecule is CCCC(=O)N(C)C(C)C(C)=O. The van der Waals surface area contributed by atoms with E-state index in [-0.39, 0.29) is 17.7 Å². The molecule has 0 saturated heterocycles. The summed E-state index contributed by atoms with van der Waals surface area (Å²) in [6.07, 6.45) is 1.35.